The van der Waals surface area contributed by atoms with Crippen LogP contribution < -0.4 is 10.2 Å². The number of anilines is 1. The highest BCUT2D eigenvalue weighted by Crippen LogP contribution is 2.12. The van der Waals surface area contributed by atoms with Crippen LogP contribution in [0.5, 0.6) is 0 Å². The summed E-state index contributed by atoms with van der Waals surface area (Å²) in [4.78, 5) is 2.13. The number of hydrogen-bond donors (Lipinski definition) is 1. The fourth-order valence-corrected chi connectivity index (χ4v) is 1.35. The Morgan fingerprint density at radius 1 is 1.29 bits per heavy atom. The van der Waals surface area contributed by atoms with Crippen LogP contribution in [-0.4, -0.2) is 20.6 Å². The van der Waals surface area contributed by atoms with Gasteiger partial charge in [-0.15, -0.1) is 0 Å². The van der Waals surface area contributed by atoms with Crippen molar-refractivity contribution in [2.45, 2.75) is 19.9 Å². The van der Waals surface area contributed by atoms with E-state index in [0.717, 1.165) is 13.1 Å². The fraction of sp³-hybridized carbons (Fsp3) is 0.500. The Morgan fingerprint density at radius 3 is 2.71 bits per heavy atom. The second kappa shape index (κ2) is 5.66. The van der Waals surface area contributed by atoms with Crippen LogP contribution in [0.2, 0.25) is 0 Å². The van der Waals surface area contributed by atoms with Crippen molar-refractivity contribution in [1.82, 2.24) is 5.32 Å². The van der Waals surface area contributed by atoms with Crippen LogP contribution in [0.3, 0.4) is 0 Å². The molecule has 0 spiro atoms. The summed E-state index contributed by atoms with van der Waals surface area (Å²) in [6.07, 6.45) is 1.19. The quantitative estimate of drug-likeness (QED) is 0.720. The smallest absolute Gasteiger partial charge is 0.0364 e. The van der Waals surface area contributed by atoms with Gasteiger partial charge in [0.1, 0.15) is 0 Å². The SMILES string of the molecule is CCCNCc1cccc(N(C)C)c1. The maximum Gasteiger partial charge on any atom is 0.0364 e. The van der Waals surface area contributed by atoms with Crippen LogP contribution in [0.4, 0.5) is 5.69 Å². The Kier molecular flexibility index (Phi) is 4.47. The third-order valence-electron chi connectivity index (χ3n) is 2.18. The standard InChI is InChI=1S/C12H20N2/c1-4-8-13-10-11-6-5-7-12(9-11)14(2)3/h5-7,9,13H,4,8,10H2,1-3H3. The molecule has 14 heavy (non-hydrogen) atoms. The Morgan fingerprint density at radius 2 is 2.07 bits per heavy atom. The molecule has 1 N–H and O–H groups in total. The average Bonchev–Trinajstić information content (AvgIpc) is 2.19. The van der Waals surface area contributed by atoms with Crippen molar-refractivity contribution < 1.29 is 0 Å². The normalized spacial score (nSPS) is 10.2. The monoisotopic (exact) mass is 192 g/mol. The highest BCUT2D eigenvalue weighted by atomic mass is 15.1. The van der Waals surface area contributed by atoms with Crippen molar-refractivity contribution in [2.75, 3.05) is 25.5 Å². The van der Waals surface area contributed by atoms with Crippen LogP contribution in [0.1, 0.15) is 18.9 Å². The zero-order chi connectivity index (χ0) is 10.4. The molecule has 0 saturated heterocycles. The van der Waals surface area contributed by atoms with E-state index in [0.29, 0.717) is 0 Å². The van der Waals surface area contributed by atoms with E-state index >= 15 is 0 Å². The van der Waals surface area contributed by atoms with Crippen molar-refractivity contribution in [3.63, 3.8) is 0 Å². The van der Waals surface area contributed by atoms with Gasteiger partial charge in [0.25, 0.3) is 0 Å². The second-order valence-corrected chi connectivity index (χ2v) is 3.74. The minimum Gasteiger partial charge on any atom is -0.378 e. The molecule has 0 heterocycles. The van der Waals surface area contributed by atoms with E-state index in [-0.39, 0.29) is 0 Å². The minimum atomic E-state index is 0.968. The van der Waals surface area contributed by atoms with Crippen molar-refractivity contribution in [3.05, 3.63) is 29.8 Å². The number of rotatable bonds is 5. The van der Waals surface area contributed by atoms with Crippen molar-refractivity contribution >= 4 is 5.69 Å². The molecule has 0 unspecified atom stereocenters. The van der Waals surface area contributed by atoms with Gasteiger partial charge in [0.05, 0.1) is 0 Å². The van der Waals surface area contributed by atoms with Crippen LogP contribution in [0.15, 0.2) is 24.3 Å². The molecule has 0 amide bonds. The Balaban J connectivity index is 2.55. The molecule has 0 aliphatic heterocycles. The van der Waals surface area contributed by atoms with Crippen molar-refractivity contribution in [1.29, 1.82) is 0 Å². The Hall–Kier alpha value is -1.02. The molecule has 2 heteroatoms. The van der Waals surface area contributed by atoms with Crippen LogP contribution in [0.25, 0.3) is 0 Å². The van der Waals surface area contributed by atoms with E-state index in [2.05, 4.69) is 55.5 Å². The summed E-state index contributed by atoms with van der Waals surface area (Å²) in [7, 11) is 4.14. The van der Waals surface area contributed by atoms with Gasteiger partial charge < -0.3 is 10.2 Å². The van der Waals surface area contributed by atoms with Crippen LogP contribution >= 0.6 is 0 Å². The first-order chi connectivity index (χ1) is 6.74. The summed E-state index contributed by atoms with van der Waals surface area (Å²) in [5.74, 6) is 0. The van der Waals surface area contributed by atoms with Crippen molar-refractivity contribution in [3.8, 4) is 0 Å². The van der Waals surface area contributed by atoms with Crippen LogP contribution in [0, 0.1) is 0 Å². The highest BCUT2D eigenvalue weighted by molar-refractivity contribution is 5.47. The van der Waals surface area contributed by atoms with Gasteiger partial charge in [0.2, 0.25) is 0 Å². The lowest BCUT2D eigenvalue weighted by molar-refractivity contribution is 0.675. The first kappa shape index (κ1) is 11.1. The lowest BCUT2D eigenvalue weighted by atomic mass is 10.2. The predicted octanol–water partition coefficient (Wildman–Crippen LogP) is 2.25. The molecule has 0 aliphatic carbocycles. The maximum absolute atomic E-state index is 3.40. The topological polar surface area (TPSA) is 15.3 Å². The lowest BCUT2D eigenvalue weighted by Gasteiger charge is -2.13. The number of nitrogens with zero attached hydrogens (tertiary/aromatic N) is 1. The molecule has 0 aromatic heterocycles. The molecule has 2 nitrogen and oxygen atoms in total. The molecule has 0 saturated carbocycles. The van der Waals surface area contributed by atoms with E-state index in [1.807, 2.05) is 0 Å². The molecule has 1 rings (SSSR count). The third kappa shape index (κ3) is 3.38. The molecule has 1 aromatic rings. The zero-order valence-corrected chi connectivity index (χ0v) is 9.38. The molecule has 0 atom stereocenters. The zero-order valence-electron chi connectivity index (χ0n) is 9.38. The maximum atomic E-state index is 3.40. The summed E-state index contributed by atoms with van der Waals surface area (Å²) in [5, 5.41) is 3.40. The van der Waals surface area contributed by atoms with E-state index < -0.39 is 0 Å². The molecule has 1 aromatic carbocycles. The first-order valence-electron chi connectivity index (χ1n) is 5.21. The predicted molar refractivity (Wildman–Crippen MR) is 62.8 cm³/mol. The fourth-order valence-electron chi connectivity index (χ4n) is 1.35. The molecule has 0 aliphatic rings. The third-order valence-corrected chi connectivity index (χ3v) is 2.18. The molecule has 78 valence electrons. The van der Waals surface area contributed by atoms with Gasteiger partial charge in [-0.1, -0.05) is 19.1 Å². The molecule has 0 bridgehead atoms. The van der Waals surface area contributed by atoms with E-state index in [1.54, 1.807) is 0 Å². The lowest BCUT2D eigenvalue weighted by Crippen LogP contribution is -2.14. The summed E-state index contributed by atoms with van der Waals surface area (Å²) < 4.78 is 0. The highest BCUT2D eigenvalue weighted by Gasteiger charge is 1.96. The average molecular weight is 192 g/mol. The summed E-state index contributed by atoms with van der Waals surface area (Å²) >= 11 is 0. The van der Waals surface area contributed by atoms with Gasteiger partial charge in [-0.2, -0.15) is 0 Å². The van der Waals surface area contributed by atoms with E-state index in [4.69, 9.17) is 0 Å². The van der Waals surface area contributed by atoms with Crippen LogP contribution in [-0.2, 0) is 6.54 Å². The number of nitrogens with one attached hydrogen (secondary N) is 1. The largest absolute Gasteiger partial charge is 0.378 e. The minimum absolute atomic E-state index is 0.968. The van der Waals surface area contributed by atoms with Gasteiger partial charge >= 0.3 is 0 Å². The van der Waals surface area contributed by atoms with Gasteiger partial charge in [-0.3, -0.25) is 0 Å². The van der Waals surface area contributed by atoms with E-state index in [9.17, 15) is 0 Å². The molecule has 0 fully saturated rings. The summed E-state index contributed by atoms with van der Waals surface area (Å²) in [6.45, 7) is 4.24. The molecule has 0 radical (unpaired) electrons. The van der Waals surface area contributed by atoms with Gasteiger partial charge in [0, 0.05) is 26.3 Å². The number of benzene rings is 1. The first-order valence-corrected chi connectivity index (χ1v) is 5.21. The molecular formula is C12H20N2. The number of hydrogen-bond acceptors (Lipinski definition) is 2. The summed E-state index contributed by atoms with van der Waals surface area (Å²) in [5.41, 5.74) is 2.62. The van der Waals surface area contributed by atoms with Gasteiger partial charge in [-0.25, -0.2) is 0 Å². The molecular weight excluding hydrogens is 172 g/mol. The van der Waals surface area contributed by atoms with Gasteiger partial charge in [-0.05, 0) is 30.7 Å². The summed E-state index contributed by atoms with van der Waals surface area (Å²) in [6, 6.07) is 8.62. The Bertz CT molecular complexity index is 269. The van der Waals surface area contributed by atoms with Gasteiger partial charge in [0.15, 0.2) is 0 Å². The Labute approximate surface area is 86.9 Å². The van der Waals surface area contributed by atoms with E-state index in [1.165, 1.54) is 17.7 Å². The second-order valence-electron chi connectivity index (χ2n) is 3.74. The van der Waals surface area contributed by atoms with Crippen molar-refractivity contribution in [2.24, 2.45) is 0 Å².